The molecular weight excluding hydrogens is 169 g/mol. The van der Waals surface area contributed by atoms with E-state index in [0.29, 0.717) is 13.1 Å². The third kappa shape index (κ3) is 4.01. The van der Waals surface area contributed by atoms with Crippen molar-refractivity contribution in [3.05, 3.63) is 35.9 Å². The maximum absolute atomic E-state index is 11.8. The van der Waals surface area contributed by atoms with Crippen LogP contribution in [0.3, 0.4) is 0 Å². The monoisotopic (exact) mass is 183 g/mol. The maximum Gasteiger partial charge on any atom is 0.117 e. The zero-order valence-electron chi connectivity index (χ0n) is 7.41. The summed E-state index contributed by atoms with van der Waals surface area (Å²) in [6.07, 6.45) is -0.885. The number of hydrogen-bond donors (Lipinski definition) is 2. The second kappa shape index (κ2) is 5.67. The van der Waals surface area contributed by atoms with E-state index in [0.717, 1.165) is 5.56 Å². The molecule has 0 amide bonds. The van der Waals surface area contributed by atoms with E-state index in [-0.39, 0.29) is 0 Å². The predicted molar refractivity (Wildman–Crippen MR) is 50.1 cm³/mol. The molecular formula is C10H14FNO. The molecule has 0 saturated heterocycles. The molecule has 2 N–H and O–H groups in total. The summed E-state index contributed by atoms with van der Waals surface area (Å²) in [5.41, 5.74) is 1.13. The topological polar surface area (TPSA) is 32.3 Å². The van der Waals surface area contributed by atoms with Crippen molar-refractivity contribution < 1.29 is 9.50 Å². The predicted octanol–water partition coefficient (Wildman–Crippen LogP) is 1.11. The lowest BCUT2D eigenvalue weighted by Gasteiger charge is -2.07. The summed E-state index contributed by atoms with van der Waals surface area (Å²) >= 11 is 0. The van der Waals surface area contributed by atoms with Gasteiger partial charge in [0.2, 0.25) is 0 Å². The number of hydrogen-bond acceptors (Lipinski definition) is 2. The molecule has 1 aromatic rings. The standard InChI is InChI=1S/C10H14FNO/c11-6-10(13)8-12-7-9-4-2-1-3-5-9/h1-5,10,12-13H,6-8H2. The molecule has 0 aromatic heterocycles. The molecule has 3 heteroatoms. The number of benzene rings is 1. The van der Waals surface area contributed by atoms with Crippen LogP contribution in [0, 0.1) is 0 Å². The van der Waals surface area contributed by atoms with Gasteiger partial charge in [0.05, 0.1) is 6.10 Å². The van der Waals surface area contributed by atoms with Crippen molar-refractivity contribution in [2.75, 3.05) is 13.2 Å². The van der Waals surface area contributed by atoms with E-state index in [4.69, 9.17) is 5.11 Å². The van der Waals surface area contributed by atoms with Gasteiger partial charge in [-0.3, -0.25) is 0 Å². The zero-order chi connectivity index (χ0) is 9.52. The molecule has 0 fully saturated rings. The van der Waals surface area contributed by atoms with Crippen LogP contribution in [-0.2, 0) is 6.54 Å². The van der Waals surface area contributed by atoms with E-state index in [1.807, 2.05) is 30.3 Å². The molecule has 0 heterocycles. The first-order chi connectivity index (χ1) is 6.33. The highest BCUT2D eigenvalue weighted by Gasteiger charge is 2.00. The second-order valence-electron chi connectivity index (χ2n) is 2.92. The maximum atomic E-state index is 11.8. The van der Waals surface area contributed by atoms with Gasteiger partial charge in [-0.25, -0.2) is 4.39 Å². The van der Waals surface area contributed by atoms with Gasteiger partial charge in [0.15, 0.2) is 0 Å². The summed E-state index contributed by atoms with van der Waals surface area (Å²) in [6.45, 7) is 0.269. The Kier molecular flexibility index (Phi) is 4.43. The van der Waals surface area contributed by atoms with E-state index in [1.54, 1.807) is 0 Å². The molecule has 1 unspecified atom stereocenters. The molecule has 0 radical (unpaired) electrons. The summed E-state index contributed by atoms with van der Waals surface area (Å²) in [7, 11) is 0. The molecule has 0 aliphatic heterocycles. The van der Waals surface area contributed by atoms with Crippen LogP contribution in [0.2, 0.25) is 0 Å². The summed E-state index contributed by atoms with van der Waals surface area (Å²) in [5.74, 6) is 0. The van der Waals surface area contributed by atoms with Crippen molar-refractivity contribution >= 4 is 0 Å². The fourth-order valence-corrected chi connectivity index (χ4v) is 1.03. The minimum absolute atomic E-state index is 0.297. The highest BCUT2D eigenvalue weighted by atomic mass is 19.1. The first-order valence-electron chi connectivity index (χ1n) is 4.31. The van der Waals surface area contributed by atoms with Crippen molar-refractivity contribution in [2.45, 2.75) is 12.6 Å². The van der Waals surface area contributed by atoms with Crippen LogP contribution >= 0.6 is 0 Å². The Balaban J connectivity index is 2.20. The molecule has 0 bridgehead atoms. The van der Waals surface area contributed by atoms with Gasteiger partial charge in [0, 0.05) is 13.1 Å². The number of nitrogens with one attached hydrogen (secondary N) is 1. The Hall–Kier alpha value is -0.930. The molecule has 13 heavy (non-hydrogen) atoms. The average Bonchev–Trinajstić information content (AvgIpc) is 2.19. The van der Waals surface area contributed by atoms with Crippen molar-refractivity contribution in [1.29, 1.82) is 0 Å². The zero-order valence-corrected chi connectivity index (χ0v) is 7.41. The number of halogens is 1. The summed E-state index contributed by atoms with van der Waals surface area (Å²) < 4.78 is 11.8. The Labute approximate surface area is 77.4 Å². The van der Waals surface area contributed by atoms with Gasteiger partial charge >= 0.3 is 0 Å². The normalized spacial score (nSPS) is 12.8. The van der Waals surface area contributed by atoms with Gasteiger partial charge in [0.25, 0.3) is 0 Å². The van der Waals surface area contributed by atoms with Gasteiger partial charge in [-0.1, -0.05) is 30.3 Å². The van der Waals surface area contributed by atoms with Crippen LogP contribution in [0.15, 0.2) is 30.3 Å². The van der Waals surface area contributed by atoms with Crippen LogP contribution in [0.5, 0.6) is 0 Å². The highest BCUT2D eigenvalue weighted by molar-refractivity contribution is 5.14. The quantitative estimate of drug-likeness (QED) is 0.716. The lowest BCUT2D eigenvalue weighted by molar-refractivity contribution is 0.137. The van der Waals surface area contributed by atoms with Gasteiger partial charge in [-0.15, -0.1) is 0 Å². The minimum atomic E-state index is -0.885. The van der Waals surface area contributed by atoms with Crippen LogP contribution in [0.4, 0.5) is 4.39 Å². The molecule has 1 aromatic carbocycles. The highest BCUT2D eigenvalue weighted by Crippen LogP contribution is 1.96. The van der Waals surface area contributed by atoms with Crippen LogP contribution in [-0.4, -0.2) is 24.4 Å². The van der Waals surface area contributed by atoms with Crippen LogP contribution in [0.1, 0.15) is 5.56 Å². The number of aliphatic hydroxyl groups excluding tert-OH is 1. The van der Waals surface area contributed by atoms with Crippen molar-refractivity contribution in [3.8, 4) is 0 Å². The molecule has 1 rings (SSSR count). The van der Waals surface area contributed by atoms with Crippen molar-refractivity contribution in [1.82, 2.24) is 5.32 Å². The first kappa shape index (κ1) is 10.2. The molecule has 2 nitrogen and oxygen atoms in total. The third-order valence-electron chi connectivity index (χ3n) is 1.73. The smallest absolute Gasteiger partial charge is 0.117 e. The number of aliphatic hydroxyl groups is 1. The Morgan fingerprint density at radius 2 is 2.00 bits per heavy atom. The van der Waals surface area contributed by atoms with E-state index in [2.05, 4.69) is 5.32 Å². The molecule has 72 valence electrons. The van der Waals surface area contributed by atoms with E-state index >= 15 is 0 Å². The van der Waals surface area contributed by atoms with Gasteiger partial charge < -0.3 is 10.4 Å². The number of rotatable bonds is 5. The lowest BCUT2D eigenvalue weighted by Crippen LogP contribution is -2.27. The Bertz CT molecular complexity index is 228. The summed E-state index contributed by atoms with van der Waals surface area (Å²) in [6, 6.07) is 9.80. The van der Waals surface area contributed by atoms with Crippen LogP contribution < -0.4 is 5.32 Å². The fourth-order valence-electron chi connectivity index (χ4n) is 1.03. The lowest BCUT2D eigenvalue weighted by atomic mass is 10.2. The molecule has 0 aliphatic rings. The second-order valence-corrected chi connectivity index (χ2v) is 2.92. The molecule has 0 aliphatic carbocycles. The fraction of sp³-hybridized carbons (Fsp3) is 0.400. The Morgan fingerprint density at radius 3 is 2.62 bits per heavy atom. The van der Waals surface area contributed by atoms with E-state index in [1.165, 1.54) is 0 Å². The van der Waals surface area contributed by atoms with Crippen molar-refractivity contribution in [2.24, 2.45) is 0 Å². The molecule has 1 atom stereocenters. The number of alkyl halides is 1. The SMILES string of the molecule is OC(CF)CNCc1ccccc1. The van der Waals surface area contributed by atoms with Crippen molar-refractivity contribution in [3.63, 3.8) is 0 Å². The van der Waals surface area contributed by atoms with E-state index in [9.17, 15) is 4.39 Å². The first-order valence-corrected chi connectivity index (χ1v) is 4.31. The molecule has 0 spiro atoms. The van der Waals surface area contributed by atoms with Gasteiger partial charge in [-0.2, -0.15) is 0 Å². The molecule has 0 saturated carbocycles. The summed E-state index contributed by atoms with van der Waals surface area (Å²) in [5, 5.41) is 11.9. The van der Waals surface area contributed by atoms with Crippen LogP contribution in [0.25, 0.3) is 0 Å². The van der Waals surface area contributed by atoms with E-state index < -0.39 is 12.8 Å². The van der Waals surface area contributed by atoms with Gasteiger partial charge in [-0.05, 0) is 5.56 Å². The third-order valence-corrected chi connectivity index (χ3v) is 1.73. The summed E-state index contributed by atoms with van der Waals surface area (Å²) in [4.78, 5) is 0. The van der Waals surface area contributed by atoms with Gasteiger partial charge in [0.1, 0.15) is 6.67 Å². The average molecular weight is 183 g/mol. The Morgan fingerprint density at radius 1 is 1.31 bits per heavy atom. The minimum Gasteiger partial charge on any atom is -0.389 e. The largest absolute Gasteiger partial charge is 0.389 e.